The average molecular weight is 259 g/mol. The molecular weight excluding hydrogens is 244 g/mol. The van der Waals surface area contributed by atoms with E-state index < -0.39 is 0 Å². The molecule has 1 atom stereocenters. The minimum atomic E-state index is 0.0143. The summed E-state index contributed by atoms with van der Waals surface area (Å²) in [6.07, 6.45) is 2.05. The molecule has 1 aliphatic rings. The highest BCUT2D eigenvalue weighted by atomic mass is 35.5. The van der Waals surface area contributed by atoms with Gasteiger partial charge in [0.05, 0.1) is 16.9 Å². The smallest absolute Gasteiger partial charge is 0.239 e. The maximum atomic E-state index is 12.0. The molecule has 3 nitrogen and oxygen atoms in total. The lowest BCUT2D eigenvalue weighted by Crippen LogP contribution is -2.41. The second-order valence-electron chi connectivity index (χ2n) is 4.05. The Labute approximate surface area is 104 Å². The molecule has 5 heteroatoms. The highest BCUT2D eigenvalue weighted by molar-refractivity contribution is 7.16. The molecule has 0 bridgehead atoms. The van der Waals surface area contributed by atoms with Crippen molar-refractivity contribution in [1.82, 2.24) is 10.2 Å². The van der Waals surface area contributed by atoms with Crippen LogP contribution in [0.5, 0.6) is 0 Å². The summed E-state index contributed by atoms with van der Waals surface area (Å²) in [5.41, 5.74) is 0. The fraction of sp³-hybridized carbons (Fsp3) is 0.545. The summed E-state index contributed by atoms with van der Waals surface area (Å²) >= 11 is 7.38. The molecular formula is C11H15ClN2OS. The molecule has 0 saturated carbocycles. The molecule has 88 valence electrons. The van der Waals surface area contributed by atoms with Gasteiger partial charge in [0.25, 0.3) is 0 Å². The number of halogens is 1. The Balaban J connectivity index is 1.91. The van der Waals surface area contributed by atoms with Gasteiger partial charge in [-0.05, 0) is 31.5 Å². The van der Waals surface area contributed by atoms with Gasteiger partial charge in [0.15, 0.2) is 0 Å². The number of carbonyl (C=O) groups excluding carboxylic acids is 1. The van der Waals surface area contributed by atoms with Crippen LogP contribution < -0.4 is 5.32 Å². The molecule has 2 rings (SSSR count). The van der Waals surface area contributed by atoms with Crippen molar-refractivity contribution in [2.45, 2.75) is 25.4 Å². The third-order valence-corrected chi connectivity index (χ3v) is 3.97. The first kappa shape index (κ1) is 11.9. The molecule has 0 spiro atoms. The molecule has 1 aromatic rings. The first-order valence-electron chi connectivity index (χ1n) is 5.39. The lowest BCUT2D eigenvalue weighted by Gasteiger charge is -2.20. The maximum Gasteiger partial charge on any atom is 0.239 e. The van der Waals surface area contributed by atoms with Crippen molar-refractivity contribution in [3.63, 3.8) is 0 Å². The number of thiophene rings is 1. The summed E-state index contributed by atoms with van der Waals surface area (Å²) in [6.45, 7) is 1.60. The van der Waals surface area contributed by atoms with Crippen LogP contribution in [0.2, 0.25) is 4.34 Å². The fourth-order valence-electron chi connectivity index (χ4n) is 1.91. The number of rotatable bonds is 3. The van der Waals surface area contributed by atoms with Gasteiger partial charge in [-0.15, -0.1) is 11.3 Å². The predicted molar refractivity (Wildman–Crippen MR) is 66.8 cm³/mol. The van der Waals surface area contributed by atoms with Crippen molar-refractivity contribution >= 4 is 28.8 Å². The van der Waals surface area contributed by atoms with E-state index in [1.807, 2.05) is 19.2 Å². The van der Waals surface area contributed by atoms with Gasteiger partial charge in [-0.3, -0.25) is 4.79 Å². The molecule has 0 aromatic carbocycles. The van der Waals surface area contributed by atoms with Gasteiger partial charge in [-0.1, -0.05) is 11.6 Å². The summed E-state index contributed by atoms with van der Waals surface area (Å²) in [7, 11) is 1.84. The van der Waals surface area contributed by atoms with Crippen molar-refractivity contribution in [3.05, 3.63) is 21.3 Å². The lowest BCUT2D eigenvalue weighted by molar-refractivity contribution is -0.132. The highest BCUT2D eigenvalue weighted by Crippen LogP contribution is 2.22. The Morgan fingerprint density at radius 2 is 2.50 bits per heavy atom. The van der Waals surface area contributed by atoms with Crippen LogP contribution in [0.1, 0.15) is 17.7 Å². The molecule has 16 heavy (non-hydrogen) atoms. The van der Waals surface area contributed by atoms with E-state index in [2.05, 4.69) is 5.32 Å². The Morgan fingerprint density at radius 3 is 3.06 bits per heavy atom. The first-order valence-corrected chi connectivity index (χ1v) is 6.59. The number of hydrogen-bond donors (Lipinski definition) is 1. The summed E-state index contributed by atoms with van der Waals surface area (Å²) in [4.78, 5) is 14.9. The Morgan fingerprint density at radius 1 is 1.69 bits per heavy atom. The first-order chi connectivity index (χ1) is 7.66. The quantitative estimate of drug-likeness (QED) is 0.901. The van der Waals surface area contributed by atoms with Gasteiger partial charge in [0.1, 0.15) is 0 Å². The van der Waals surface area contributed by atoms with E-state index in [0.29, 0.717) is 6.54 Å². The lowest BCUT2D eigenvalue weighted by atomic mass is 10.2. The van der Waals surface area contributed by atoms with Crippen LogP contribution in [0.4, 0.5) is 0 Å². The molecule has 1 amide bonds. The standard InChI is InChI=1S/C11H15ClN2OS/c1-14(7-8-4-5-10(12)16-8)11(15)9-3-2-6-13-9/h4-5,9,13H,2-3,6-7H2,1H3. The van der Waals surface area contributed by atoms with E-state index in [9.17, 15) is 4.79 Å². The molecule has 1 N–H and O–H groups in total. The second kappa shape index (κ2) is 5.17. The molecule has 1 unspecified atom stereocenters. The summed E-state index contributed by atoms with van der Waals surface area (Å²) < 4.78 is 0.773. The SMILES string of the molecule is CN(Cc1ccc(Cl)s1)C(=O)C1CCCN1. The zero-order valence-electron chi connectivity index (χ0n) is 9.20. The number of carbonyl (C=O) groups is 1. The van der Waals surface area contributed by atoms with Crippen LogP contribution in [0.3, 0.4) is 0 Å². The predicted octanol–water partition coefficient (Wildman–Crippen LogP) is 2.11. The van der Waals surface area contributed by atoms with E-state index in [0.717, 1.165) is 28.6 Å². The molecule has 1 saturated heterocycles. The number of amides is 1. The van der Waals surface area contributed by atoms with Gasteiger partial charge < -0.3 is 10.2 Å². The van der Waals surface area contributed by atoms with Crippen molar-refractivity contribution in [1.29, 1.82) is 0 Å². The summed E-state index contributed by atoms with van der Waals surface area (Å²) in [6, 6.07) is 3.85. The van der Waals surface area contributed by atoms with E-state index in [-0.39, 0.29) is 11.9 Å². The Kier molecular flexibility index (Phi) is 3.84. The van der Waals surface area contributed by atoms with Gasteiger partial charge in [0.2, 0.25) is 5.91 Å². The van der Waals surface area contributed by atoms with Crippen LogP contribution in [0, 0.1) is 0 Å². The van der Waals surface area contributed by atoms with Crippen molar-refractivity contribution < 1.29 is 4.79 Å². The monoisotopic (exact) mass is 258 g/mol. The molecule has 0 radical (unpaired) electrons. The van der Waals surface area contributed by atoms with Crippen molar-refractivity contribution in [2.24, 2.45) is 0 Å². The van der Waals surface area contributed by atoms with Crippen molar-refractivity contribution in [3.8, 4) is 0 Å². The molecule has 2 heterocycles. The molecule has 1 fully saturated rings. The minimum Gasteiger partial charge on any atom is -0.339 e. The van der Waals surface area contributed by atoms with E-state index in [1.54, 1.807) is 4.90 Å². The summed E-state index contributed by atoms with van der Waals surface area (Å²) in [5.74, 6) is 0.182. The largest absolute Gasteiger partial charge is 0.339 e. The van der Waals surface area contributed by atoms with Crippen LogP contribution in [-0.4, -0.2) is 30.4 Å². The van der Waals surface area contributed by atoms with E-state index in [1.165, 1.54) is 11.3 Å². The van der Waals surface area contributed by atoms with Gasteiger partial charge >= 0.3 is 0 Å². The molecule has 1 aromatic heterocycles. The third-order valence-electron chi connectivity index (χ3n) is 2.76. The normalized spacial score (nSPS) is 20.0. The van der Waals surface area contributed by atoms with Gasteiger partial charge in [-0.2, -0.15) is 0 Å². The number of hydrogen-bond acceptors (Lipinski definition) is 3. The number of likely N-dealkylation sites (N-methyl/N-ethyl adjacent to an activating group) is 1. The maximum absolute atomic E-state index is 12.0. The average Bonchev–Trinajstić information content (AvgIpc) is 2.88. The van der Waals surface area contributed by atoms with Crippen LogP contribution in [0.15, 0.2) is 12.1 Å². The fourth-order valence-corrected chi connectivity index (χ4v) is 3.05. The van der Waals surface area contributed by atoms with Gasteiger partial charge in [0, 0.05) is 11.9 Å². The topological polar surface area (TPSA) is 32.3 Å². The Bertz CT molecular complexity index is 374. The molecule has 1 aliphatic heterocycles. The number of nitrogens with one attached hydrogen (secondary N) is 1. The van der Waals surface area contributed by atoms with Gasteiger partial charge in [-0.25, -0.2) is 0 Å². The zero-order valence-corrected chi connectivity index (χ0v) is 10.8. The Hall–Kier alpha value is -0.580. The van der Waals surface area contributed by atoms with Crippen LogP contribution in [-0.2, 0) is 11.3 Å². The third kappa shape index (κ3) is 2.75. The summed E-state index contributed by atoms with van der Waals surface area (Å²) in [5, 5.41) is 3.21. The molecule has 0 aliphatic carbocycles. The zero-order chi connectivity index (χ0) is 11.5. The van der Waals surface area contributed by atoms with E-state index in [4.69, 9.17) is 11.6 Å². The van der Waals surface area contributed by atoms with Crippen molar-refractivity contribution in [2.75, 3.05) is 13.6 Å². The van der Waals surface area contributed by atoms with E-state index >= 15 is 0 Å². The minimum absolute atomic E-state index is 0.0143. The second-order valence-corrected chi connectivity index (χ2v) is 5.85. The number of nitrogens with zero attached hydrogens (tertiary/aromatic N) is 1. The van der Waals surface area contributed by atoms with Crippen LogP contribution in [0.25, 0.3) is 0 Å². The van der Waals surface area contributed by atoms with Crippen LogP contribution >= 0.6 is 22.9 Å². The highest BCUT2D eigenvalue weighted by Gasteiger charge is 2.24.